The molecular formula is C7H11N3O2. The van der Waals surface area contributed by atoms with Crippen molar-refractivity contribution in [1.82, 2.24) is 9.97 Å². The van der Waals surface area contributed by atoms with Crippen molar-refractivity contribution in [3.8, 4) is 11.8 Å². The Morgan fingerprint density at radius 3 is 2.50 bits per heavy atom. The lowest BCUT2D eigenvalue weighted by molar-refractivity contribution is 0.330. The highest BCUT2D eigenvalue weighted by atomic mass is 16.5. The van der Waals surface area contributed by atoms with Crippen molar-refractivity contribution < 1.29 is 9.47 Å². The molecule has 0 unspecified atom stereocenters. The summed E-state index contributed by atoms with van der Waals surface area (Å²) in [5, 5.41) is 0. The van der Waals surface area contributed by atoms with E-state index in [0.29, 0.717) is 24.0 Å². The molecule has 1 aromatic heterocycles. The second-order valence-electron chi connectivity index (χ2n) is 2.08. The Morgan fingerprint density at radius 1 is 1.33 bits per heavy atom. The lowest BCUT2D eigenvalue weighted by atomic mass is 10.4. The molecule has 0 atom stereocenters. The van der Waals surface area contributed by atoms with Gasteiger partial charge in [0.1, 0.15) is 0 Å². The average Bonchev–Trinajstić information content (AvgIpc) is 2.16. The maximum Gasteiger partial charge on any atom is 0.278 e. The van der Waals surface area contributed by atoms with Gasteiger partial charge in [0.2, 0.25) is 0 Å². The van der Waals surface area contributed by atoms with Crippen LogP contribution in [-0.4, -0.2) is 24.2 Å². The van der Waals surface area contributed by atoms with E-state index in [1.807, 2.05) is 0 Å². The molecule has 0 bridgehead atoms. The molecule has 0 amide bonds. The molecule has 12 heavy (non-hydrogen) atoms. The van der Waals surface area contributed by atoms with E-state index in [0.717, 1.165) is 0 Å². The molecule has 0 saturated carbocycles. The zero-order valence-electron chi connectivity index (χ0n) is 7.07. The van der Waals surface area contributed by atoms with Crippen molar-refractivity contribution in [3.05, 3.63) is 11.9 Å². The highest BCUT2D eigenvalue weighted by Gasteiger charge is 2.06. The number of ether oxygens (including phenoxy) is 2. The Labute approximate surface area is 70.5 Å². The van der Waals surface area contributed by atoms with Crippen LogP contribution >= 0.6 is 0 Å². The van der Waals surface area contributed by atoms with Crippen LogP contribution in [-0.2, 0) is 6.54 Å². The molecule has 0 saturated heterocycles. The second-order valence-corrected chi connectivity index (χ2v) is 2.08. The zero-order valence-corrected chi connectivity index (χ0v) is 7.07. The van der Waals surface area contributed by atoms with Crippen molar-refractivity contribution in [2.24, 2.45) is 5.73 Å². The van der Waals surface area contributed by atoms with E-state index in [2.05, 4.69) is 9.97 Å². The van der Waals surface area contributed by atoms with Crippen LogP contribution in [0.3, 0.4) is 0 Å². The van der Waals surface area contributed by atoms with Crippen LogP contribution in [0.15, 0.2) is 6.20 Å². The quantitative estimate of drug-likeness (QED) is 0.687. The maximum atomic E-state index is 5.37. The topological polar surface area (TPSA) is 70.3 Å². The molecule has 0 aliphatic heterocycles. The number of nitrogens with two attached hydrogens (primary N) is 1. The van der Waals surface area contributed by atoms with Crippen LogP contribution in [0.4, 0.5) is 0 Å². The maximum absolute atomic E-state index is 5.37. The van der Waals surface area contributed by atoms with E-state index in [-0.39, 0.29) is 0 Å². The molecule has 66 valence electrons. The van der Waals surface area contributed by atoms with Gasteiger partial charge in [-0.3, -0.25) is 0 Å². The molecule has 0 fully saturated rings. The lowest BCUT2D eigenvalue weighted by Crippen LogP contribution is -2.03. The van der Waals surface area contributed by atoms with Crippen molar-refractivity contribution in [3.63, 3.8) is 0 Å². The van der Waals surface area contributed by atoms with Crippen LogP contribution < -0.4 is 15.2 Å². The first kappa shape index (κ1) is 8.73. The SMILES string of the molecule is COc1ncc(CN)nc1OC. The van der Waals surface area contributed by atoms with Crippen LogP contribution in [0.25, 0.3) is 0 Å². The molecule has 1 rings (SSSR count). The van der Waals surface area contributed by atoms with E-state index in [1.54, 1.807) is 6.20 Å². The second kappa shape index (κ2) is 3.87. The predicted molar refractivity (Wildman–Crippen MR) is 43.0 cm³/mol. The molecule has 0 aliphatic carbocycles. The summed E-state index contributed by atoms with van der Waals surface area (Å²) in [6.45, 7) is 0.341. The summed E-state index contributed by atoms with van der Waals surface area (Å²) >= 11 is 0. The fourth-order valence-electron chi connectivity index (χ4n) is 0.767. The Hall–Kier alpha value is -1.36. The van der Waals surface area contributed by atoms with Crippen LogP contribution in [0.5, 0.6) is 11.8 Å². The minimum absolute atomic E-state index is 0.341. The highest BCUT2D eigenvalue weighted by Crippen LogP contribution is 2.19. The van der Waals surface area contributed by atoms with Crippen molar-refractivity contribution in [2.75, 3.05) is 14.2 Å². The largest absolute Gasteiger partial charge is 0.477 e. The fraction of sp³-hybridized carbons (Fsp3) is 0.429. The van der Waals surface area contributed by atoms with Gasteiger partial charge in [0, 0.05) is 6.54 Å². The van der Waals surface area contributed by atoms with Gasteiger partial charge in [-0.05, 0) is 0 Å². The minimum atomic E-state index is 0.341. The molecule has 0 aliphatic rings. The van der Waals surface area contributed by atoms with Gasteiger partial charge in [-0.2, -0.15) is 0 Å². The smallest absolute Gasteiger partial charge is 0.278 e. The lowest BCUT2D eigenvalue weighted by Gasteiger charge is -2.05. The normalized spacial score (nSPS) is 9.58. The van der Waals surface area contributed by atoms with E-state index in [1.165, 1.54) is 14.2 Å². The number of aromatic nitrogens is 2. The Kier molecular flexibility index (Phi) is 2.82. The molecule has 0 spiro atoms. The first-order valence-corrected chi connectivity index (χ1v) is 3.45. The summed E-state index contributed by atoms with van der Waals surface area (Å²) in [5.41, 5.74) is 6.04. The third kappa shape index (κ3) is 1.62. The molecule has 1 aromatic rings. The number of hydrogen-bond donors (Lipinski definition) is 1. The van der Waals surface area contributed by atoms with Crippen molar-refractivity contribution >= 4 is 0 Å². The minimum Gasteiger partial charge on any atom is -0.477 e. The molecule has 0 aromatic carbocycles. The number of rotatable bonds is 3. The van der Waals surface area contributed by atoms with Gasteiger partial charge in [-0.1, -0.05) is 0 Å². The standard InChI is InChI=1S/C7H11N3O2/c1-11-6-7(12-2)10-5(3-8)4-9-6/h4H,3,8H2,1-2H3. The summed E-state index contributed by atoms with van der Waals surface area (Å²) in [4.78, 5) is 7.99. The van der Waals surface area contributed by atoms with Gasteiger partial charge < -0.3 is 15.2 Å². The Morgan fingerprint density at radius 2 is 2.00 bits per heavy atom. The first-order valence-electron chi connectivity index (χ1n) is 3.45. The molecule has 5 heteroatoms. The highest BCUT2D eigenvalue weighted by molar-refractivity contribution is 5.25. The van der Waals surface area contributed by atoms with E-state index in [4.69, 9.17) is 15.2 Å². The van der Waals surface area contributed by atoms with E-state index < -0.39 is 0 Å². The third-order valence-corrected chi connectivity index (χ3v) is 1.35. The number of nitrogens with zero attached hydrogens (tertiary/aromatic N) is 2. The molecular weight excluding hydrogens is 158 g/mol. The van der Waals surface area contributed by atoms with Crippen molar-refractivity contribution in [2.45, 2.75) is 6.54 Å². The molecule has 1 heterocycles. The monoisotopic (exact) mass is 169 g/mol. The predicted octanol–water partition coefficient (Wildman–Crippen LogP) is -0.0475. The number of methoxy groups -OCH3 is 2. The first-order chi connectivity index (χ1) is 5.81. The summed E-state index contributed by atoms with van der Waals surface area (Å²) in [5.74, 6) is 0.732. The summed E-state index contributed by atoms with van der Waals surface area (Å²) < 4.78 is 9.82. The fourth-order valence-corrected chi connectivity index (χ4v) is 0.767. The van der Waals surface area contributed by atoms with Gasteiger partial charge in [0.15, 0.2) is 0 Å². The van der Waals surface area contributed by atoms with Crippen LogP contribution in [0.1, 0.15) is 5.69 Å². The van der Waals surface area contributed by atoms with Crippen LogP contribution in [0.2, 0.25) is 0 Å². The summed E-state index contributed by atoms with van der Waals surface area (Å²) in [6, 6.07) is 0. The molecule has 5 nitrogen and oxygen atoms in total. The number of hydrogen-bond acceptors (Lipinski definition) is 5. The van der Waals surface area contributed by atoms with Gasteiger partial charge >= 0.3 is 0 Å². The summed E-state index contributed by atoms with van der Waals surface area (Å²) in [7, 11) is 3.02. The van der Waals surface area contributed by atoms with Gasteiger partial charge in [0.05, 0.1) is 26.1 Å². The Balaban J connectivity index is 3.02. The average molecular weight is 169 g/mol. The van der Waals surface area contributed by atoms with Gasteiger partial charge in [-0.25, -0.2) is 9.97 Å². The third-order valence-electron chi connectivity index (χ3n) is 1.35. The van der Waals surface area contributed by atoms with Crippen LogP contribution in [0, 0.1) is 0 Å². The van der Waals surface area contributed by atoms with Gasteiger partial charge in [-0.15, -0.1) is 0 Å². The van der Waals surface area contributed by atoms with E-state index >= 15 is 0 Å². The van der Waals surface area contributed by atoms with Crippen molar-refractivity contribution in [1.29, 1.82) is 0 Å². The van der Waals surface area contributed by atoms with Gasteiger partial charge in [0.25, 0.3) is 11.8 Å². The molecule has 2 N–H and O–H groups in total. The van der Waals surface area contributed by atoms with E-state index in [9.17, 15) is 0 Å². The summed E-state index contributed by atoms with van der Waals surface area (Å²) in [6.07, 6.45) is 1.56. The Bertz CT molecular complexity index is 265. The zero-order chi connectivity index (χ0) is 8.97. The molecule has 0 radical (unpaired) electrons.